The van der Waals surface area contributed by atoms with Crippen LogP contribution in [0.1, 0.15) is 30.2 Å². The molecule has 2 N–H and O–H groups in total. The molecule has 0 aliphatic carbocycles. The van der Waals surface area contributed by atoms with E-state index in [1.54, 1.807) is 19.1 Å². The minimum Gasteiger partial charge on any atom is -0.419 e. The van der Waals surface area contributed by atoms with Gasteiger partial charge in [-0.05, 0) is 38.6 Å². The van der Waals surface area contributed by atoms with Crippen LogP contribution in [0.25, 0.3) is 22.7 Å². The molecule has 166 valence electrons. The zero-order valence-electron chi connectivity index (χ0n) is 17.9. The van der Waals surface area contributed by atoms with E-state index >= 15 is 0 Å². The lowest BCUT2D eigenvalue weighted by Crippen LogP contribution is -2.22. The lowest BCUT2D eigenvalue weighted by atomic mass is 10.1. The molecule has 2 aromatic heterocycles. The summed E-state index contributed by atoms with van der Waals surface area (Å²) in [5, 5.41) is 17.7. The van der Waals surface area contributed by atoms with Gasteiger partial charge in [0.1, 0.15) is 17.0 Å². The predicted octanol–water partition coefficient (Wildman–Crippen LogP) is 3.54. The van der Waals surface area contributed by atoms with Crippen molar-refractivity contribution < 1.29 is 17.4 Å². The van der Waals surface area contributed by atoms with Gasteiger partial charge in [-0.2, -0.15) is 0 Å². The van der Waals surface area contributed by atoms with E-state index in [0.717, 1.165) is 11.1 Å². The number of sulfonamides is 1. The molecule has 4 aromatic rings. The van der Waals surface area contributed by atoms with Crippen LogP contribution in [0, 0.1) is 6.92 Å². The maximum atomic E-state index is 11.5. The van der Waals surface area contributed by atoms with Crippen LogP contribution in [0.15, 0.2) is 68.4 Å². The number of hydrogen-bond acceptors (Lipinski definition) is 8. The quantitative estimate of drug-likeness (QED) is 0.450. The molecule has 0 aliphatic heterocycles. The van der Waals surface area contributed by atoms with Gasteiger partial charge >= 0.3 is 0 Å². The fourth-order valence-electron chi connectivity index (χ4n) is 3.38. The summed E-state index contributed by atoms with van der Waals surface area (Å²) in [5.41, 5.74) is 3.15. The molecule has 0 saturated heterocycles. The van der Waals surface area contributed by atoms with Crippen molar-refractivity contribution in [2.75, 3.05) is 7.05 Å². The Labute approximate surface area is 185 Å². The van der Waals surface area contributed by atoms with E-state index < -0.39 is 10.0 Å². The topological polar surface area (TPSA) is 128 Å². The van der Waals surface area contributed by atoms with Crippen LogP contribution in [0.3, 0.4) is 0 Å². The van der Waals surface area contributed by atoms with Gasteiger partial charge in [-0.1, -0.05) is 47.6 Å². The highest BCUT2D eigenvalue weighted by Gasteiger charge is 2.23. The number of primary sulfonamides is 1. The van der Waals surface area contributed by atoms with Gasteiger partial charge in [0.25, 0.3) is 5.89 Å². The van der Waals surface area contributed by atoms with Gasteiger partial charge in [-0.25, -0.2) is 13.6 Å². The van der Waals surface area contributed by atoms with Crippen molar-refractivity contribution in [3.05, 3.63) is 71.8 Å². The molecule has 2 heterocycles. The van der Waals surface area contributed by atoms with Crippen molar-refractivity contribution in [3.8, 4) is 22.7 Å². The Morgan fingerprint density at radius 3 is 2.41 bits per heavy atom. The predicted molar refractivity (Wildman–Crippen MR) is 118 cm³/mol. The Morgan fingerprint density at radius 1 is 1.06 bits per heavy atom. The third-order valence-electron chi connectivity index (χ3n) is 5.33. The lowest BCUT2D eigenvalue weighted by Gasteiger charge is -2.23. The molecule has 10 heteroatoms. The van der Waals surface area contributed by atoms with Crippen LogP contribution in [0.5, 0.6) is 0 Å². The van der Waals surface area contributed by atoms with E-state index in [0.29, 0.717) is 35.3 Å². The largest absolute Gasteiger partial charge is 0.419 e. The standard InChI is InChI=1S/C22H23N5O4S/c1-14(16-9-11-18(12-10-16)32(23,28)29)27(3)13-19-24-25-22(30-19)20-15(2)31-26-21(20)17-7-5-4-6-8-17/h4-12,14H,13H2,1-3H3,(H2,23,28,29). The highest BCUT2D eigenvalue weighted by molar-refractivity contribution is 7.89. The molecule has 1 atom stereocenters. The molecular weight excluding hydrogens is 430 g/mol. The SMILES string of the molecule is Cc1onc(-c2ccccc2)c1-c1nnc(CN(C)C(C)c2ccc(S(N)(=O)=O)cc2)o1. The second-order valence-electron chi connectivity index (χ2n) is 7.53. The van der Waals surface area contributed by atoms with E-state index in [4.69, 9.17) is 14.1 Å². The van der Waals surface area contributed by atoms with Gasteiger partial charge in [0.15, 0.2) is 0 Å². The third kappa shape index (κ3) is 4.47. The van der Waals surface area contributed by atoms with Crippen LogP contribution in [0.4, 0.5) is 0 Å². The summed E-state index contributed by atoms with van der Waals surface area (Å²) in [6.07, 6.45) is 0. The first-order valence-electron chi connectivity index (χ1n) is 9.91. The highest BCUT2D eigenvalue weighted by atomic mass is 32.2. The number of hydrogen-bond donors (Lipinski definition) is 1. The van der Waals surface area contributed by atoms with Gasteiger partial charge in [0, 0.05) is 11.6 Å². The molecular formula is C22H23N5O4S. The number of nitrogens with two attached hydrogens (primary N) is 1. The van der Waals surface area contributed by atoms with Gasteiger partial charge in [0.05, 0.1) is 11.4 Å². The van der Waals surface area contributed by atoms with Crippen molar-refractivity contribution in [3.63, 3.8) is 0 Å². The smallest absolute Gasteiger partial charge is 0.253 e. The summed E-state index contributed by atoms with van der Waals surface area (Å²) in [5.74, 6) is 1.38. The zero-order chi connectivity index (χ0) is 22.9. The van der Waals surface area contributed by atoms with Gasteiger partial charge in [-0.15, -0.1) is 10.2 Å². The Balaban J connectivity index is 1.52. The molecule has 32 heavy (non-hydrogen) atoms. The molecule has 4 rings (SSSR count). The Morgan fingerprint density at radius 2 is 1.75 bits per heavy atom. The maximum Gasteiger partial charge on any atom is 0.253 e. The Hall–Kier alpha value is -3.34. The fraction of sp³-hybridized carbons (Fsp3) is 0.227. The molecule has 0 spiro atoms. The summed E-state index contributed by atoms with van der Waals surface area (Å²) in [6, 6.07) is 16.1. The molecule has 0 amide bonds. The van der Waals surface area contributed by atoms with Crippen LogP contribution < -0.4 is 5.14 Å². The van der Waals surface area contributed by atoms with E-state index in [2.05, 4.69) is 15.4 Å². The van der Waals surface area contributed by atoms with Crippen molar-refractivity contribution in [1.29, 1.82) is 0 Å². The van der Waals surface area contributed by atoms with E-state index in [1.807, 2.05) is 49.2 Å². The number of aryl methyl sites for hydroxylation is 1. The lowest BCUT2D eigenvalue weighted by molar-refractivity contribution is 0.228. The maximum absolute atomic E-state index is 11.5. The van der Waals surface area contributed by atoms with Crippen molar-refractivity contribution in [2.45, 2.75) is 31.3 Å². The second-order valence-corrected chi connectivity index (χ2v) is 9.10. The first kappa shape index (κ1) is 21.9. The van der Waals surface area contributed by atoms with Crippen LogP contribution >= 0.6 is 0 Å². The summed E-state index contributed by atoms with van der Waals surface area (Å²) < 4.78 is 34.2. The molecule has 1 unspecified atom stereocenters. The fourth-order valence-corrected chi connectivity index (χ4v) is 3.89. The molecule has 2 aromatic carbocycles. The highest BCUT2D eigenvalue weighted by Crippen LogP contribution is 2.33. The molecule has 0 fully saturated rings. The van der Waals surface area contributed by atoms with Crippen LogP contribution in [-0.2, 0) is 16.6 Å². The first-order chi connectivity index (χ1) is 15.2. The van der Waals surface area contributed by atoms with Gasteiger partial charge in [-0.3, -0.25) is 4.90 Å². The molecule has 9 nitrogen and oxygen atoms in total. The minimum atomic E-state index is -3.72. The average molecular weight is 454 g/mol. The van der Waals surface area contributed by atoms with E-state index in [9.17, 15) is 8.42 Å². The summed E-state index contributed by atoms with van der Waals surface area (Å²) in [6.45, 7) is 4.20. The zero-order valence-corrected chi connectivity index (χ0v) is 18.7. The summed E-state index contributed by atoms with van der Waals surface area (Å²) in [4.78, 5) is 2.10. The summed E-state index contributed by atoms with van der Waals surface area (Å²) in [7, 11) is -1.80. The van der Waals surface area contributed by atoms with Gasteiger partial charge < -0.3 is 8.94 Å². The Kier molecular flexibility index (Phi) is 5.92. The Bertz CT molecular complexity index is 1310. The second kappa shape index (κ2) is 8.65. The van der Waals surface area contributed by atoms with Crippen LogP contribution in [-0.4, -0.2) is 35.7 Å². The molecule has 0 saturated carbocycles. The third-order valence-corrected chi connectivity index (χ3v) is 6.26. The van der Waals surface area contributed by atoms with Crippen molar-refractivity contribution in [2.24, 2.45) is 5.14 Å². The minimum absolute atomic E-state index is 0.0305. The van der Waals surface area contributed by atoms with E-state index in [-0.39, 0.29) is 10.9 Å². The molecule has 0 aliphatic rings. The average Bonchev–Trinajstić information content (AvgIpc) is 3.39. The monoisotopic (exact) mass is 453 g/mol. The molecule has 0 bridgehead atoms. The number of rotatable bonds is 7. The first-order valence-corrected chi connectivity index (χ1v) is 11.5. The van der Waals surface area contributed by atoms with Crippen molar-refractivity contribution >= 4 is 10.0 Å². The number of benzene rings is 2. The number of aromatic nitrogens is 3. The number of nitrogens with zero attached hydrogens (tertiary/aromatic N) is 4. The van der Waals surface area contributed by atoms with Gasteiger partial charge in [0.2, 0.25) is 15.9 Å². The normalized spacial score (nSPS) is 12.9. The summed E-state index contributed by atoms with van der Waals surface area (Å²) >= 11 is 0. The van der Waals surface area contributed by atoms with E-state index in [1.165, 1.54) is 12.1 Å². The van der Waals surface area contributed by atoms with Crippen LogP contribution in [0.2, 0.25) is 0 Å². The molecule has 0 radical (unpaired) electrons. The van der Waals surface area contributed by atoms with Crippen molar-refractivity contribution in [1.82, 2.24) is 20.3 Å².